The Morgan fingerprint density at radius 2 is 2.16 bits per heavy atom. The zero-order chi connectivity index (χ0) is 13.8. The number of rotatable bonds is 4. The lowest BCUT2D eigenvalue weighted by molar-refractivity contribution is -0.384. The highest BCUT2D eigenvalue weighted by molar-refractivity contribution is 6.31. The number of nitrogens with zero attached hydrogens (tertiary/aromatic N) is 4. The Labute approximate surface area is 117 Å². The Kier molecular flexibility index (Phi) is 4.52. The molecule has 0 unspecified atom stereocenters. The summed E-state index contributed by atoms with van der Waals surface area (Å²) in [5, 5.41) is 11.0. The summed E-state index contributed by atoms with van der Waals surface area (Å²) in [7, 11) is 0. The van der Waals surface area contributed by atoms with Crippen LogP contribution in [0.2, 0.25) is 5.15 Å². The number of aromatic nitrogens is 2. The Hall–Kier alpha value is -1.43. The number of hydrogen-bond acceptors (Lipinski definition) is 5. The molecule has 0 amide bonds. The van der Waals surface area contributed by atoms with E-state index in [0.717, 1.165) is 31.8 Å². The van der Waals surface area contributed by atoms with Crippen molar-refractivity contribution in [3.63, 3.8) is 0 Å². The third-order valence-corrected chi connectivity index (χ3v) is 3.83. The van der Waals surface area contributed by atoms with E-state index >= 15 is 0 Å². The quantitative estimate of drug-likeness (QED) is 0.483. The van der Waals surface area contributed by atoms with E-state index in [1.807, 2.05) is 4.90 Å². The molecule has 0 N–H and O–H groups in total. The minimum atomic E-state index is -0.504. The average Bonchev–Trinajstić information content (AvgIpc) is 2.39. The summed E-state index contributed by atoms with van der Waals surface area (Å²) < 4.78 is 0. The van der Waals surface area contributed by atoms with Crippen LogP contribution in [-0.2, 0) is 0 Å². The molecule has 1 aliphatic heterocycles. The van der Waals surface area contributed by atoms with E-state index in [4.69, 9.17) is 11.6 Å². The highest BCUT2D eigenvalue weighted by Crippen LogP contribution is 2.34. The molecule has 0 bridgehead atoms. The van der Waals surface area contributed by atoms with Crippen molar-refractivity contribution in [2.45, 2.75) is 32.6 Å². The van der Waals surface area contributed by atoms with E-state index in [2.05, 4.69) is 16.9 Å². The van der Waals surface area contributed by atoms with Crippen molar-refractivity contribution in [2.24, 2.45) is 5.92 Å². The van der Waals surface area contributed by atoms with Gasteiger partial charge in [0.1, 0.15) is 6.33 Å². The van der Waals surface area contributed by atoms with Crippen LogP contribution in [0.4, 0.5) is 11.5 Å². The van der Waals surface area contributed by atoms with E-state index in [9.17, 15) is 10.1 Å². The molecule has 0 aliphatic carbocycles. The summed E-state index contributed by atoms with van der Waals surface area (Å²) in [5.74, 6) is 1.07. The van der Waals surface area contributed by atoms with Crippen molar-refractivity contribution < 1.29 is 4.92 Å². The van der Waals surface area contributed by atoms with Crippen LogP contribution in [0.25, 0.3) is 0 Å². The SMILES string of the molecule is CCCC1CCN(c2ncnc(Cl)c2[N+](=O)[O-])CC1. The molecule has 2 heterocycles. The second kappa shape index (κ2) is 6.14. The first-order valence-corrected chi connectivity index (χ1v) is 6.91. The molecule has 1 fully saturated rings. The standard InChI is InChI=1S/C12H17ClN4O2/c1-2-3-9-4-6-16(7-5-9)12-10(17(18)19)11(13)14-8-15-12/h8-9H,2-7H2,1H3. The first kappa shape index (κ1) is 14.0. The molecule has 0 saturated carbocycles. The fourth-order valence-electron chi connectivity index (χ4n) is 2.58. The van der Waals surface area contributed by atoms with Gasteiger partial charge in [0.2, 0.25) is 11.0 Å². The summed E-state index contributed by atoms with van der Waals surface area (Å²) in [5.41, 5.74) is -0.182. The molecule has 0 spiro atoms. The Morgan fingerprint density at radius 3 is 2.74 bits per heavy atom. The van der Waals surface area contributed by atoms with Gasteiger partial charge in [0.25, 0.3) is 0 Å². The number of nitro groups is 1. The summed E-state index contributed by atoms with van der Waals surface area (Å²) in [6.07, 6.45) is 5.78. The molecule has 104 valence electrons. The maximum Gasteiger partial charge on any atom is 0.348 e. The van der Waals surface area contributed by atoms with E-state index < -0.39 is 4.92 Å². The average molecular weight is 285 g/mol. The van der Waals surface area contributed by atoms with E-state index in [0.29, 0.717) is 5.82 Å². The second-order valence-electron chi connectivity index (χ2n) is 4.81. The largest absolute Gasteiger partial charge is 0.351 e. The van der Waals surface area contributed by atoms with Crippen molar-refractivity contribution in [1.82, 2.24) is 9.97 Å². The fourth-order valence-corrected chi connectivity index (χ4v) is 2.78. The zero-order valence-corrected chi connectivity index (χ0v) is 11.6. The van der Waals surface area contributed by atoms with Crippen LogP contribution < -0.4 is 4.90 Å². The number of anilines is 1. The number of piperidine rings is 1. The van der Waals surface area contributed by atoms with Gasteiger partial charge in [-0.05, 0) is 18.8 Å². The van der Waals surface area contributed by atoms with Crippen molar-refractivity contribution in [3.8, 4) is 0 Å². The lowest BCUT2D eigenvalue weighted by atomic mass is 9.92. The van der Waals surface area contributed by atoms with Gasteiger partial charge in [0.05, 0.1) is 4.92 Å². The molecule has 1 aromatic rings. The topological polar surface area (TPSA) is 72.2 Å². The zero-order valence-electron chi connectivity index (χ0n) is 10.9. The molecular weight excluding hydrogens is 268 g/mol. The minimum absolute atomic E-state index is 0.0920. The van der Waals surface area contributed by atoms with Crippen LogP contribution in [0.3, 0.4) is 0 Å². The van der Waals surface area contributed by atoms with Gasteiger partial charge in [0, 0.05) is 13.1 Å². The molecule has 1 saturated heterocycles. The highest BCUT2D eigenvalue weighted by atomic mass is 35.5. The minimum Gasteiger partial charge on any atom is -0.351 e. The molecule has 1 aliphatic rings. The molecule has 6 nitrogen and oxygen atoms in total. The van der Waals surface area contributed by atoms with Gasteiger partial charge in [-0.25, -0.2) is 9.97 Å². The summed E-state index contributed by atoms with van der Waals surface area (Å²) in [6, 6.07) is 0. The smallest absolute Gasteiger partial charge is 0.348 e. The third-order valence-electron chi connectivity index (χ3n) is 3.55. The van der Waals surface area contributed by atoms with Crippen LogP contribution in [-0.4, -0.2) is 28.0 Å². The predicted octanol–water partition coefficient (Wildman–Crippen LogP) is 3.05. The molecule has 1 aromatic heterocycles. The summed E-state index contributed by atoms with van der Waals surface area (Å²) >= 11 is 5.80. The maximum absolute atomic E-state index is 11.1. The van der Waals surface area contributed by atoms with E-state index in [1.165, 1.54) is 19.2 Å². The van der Waals surface area contributed by atoms with E-state index in [1.54, 1.807) is 0 Å². The van der Waals surface area contributed by atoms with Crippen molar-refractivity contribution >= 4 is 23.1 Å². The Balaban J connectivity index is 2.15. The van der Waals surface area contributed by atoms with Gasteiger partial charge in [-0.1, -0.05) is 31.4 Å². The van der Waals surface area contributed by atoms with E-state index in [-0.39, 0.29) is 10.8 Å². The van der Waals surface area contributed by atoms with Gasteiger partial charge < -0.3 is 4.90 Å². The van der Waals surface area contributed by atoms with Crippen LogP contribution in [0, 0.1) is 16.0 Å². The first-order chi connectivity index (χ1) is 9.13. The van der Waals surface area contributed by atoms with Gasteiger partial charge in [-0.3, -0.25) is 10.1 Å². The molecular formula is C12H17ClN4O2. The van der Waals surface area contributed by atoms with Crippen molar-refractivity contribution in [1.29, 1.82) is 0 Å². The third kappa shape index (κ3) is 3.12. The second-order valence-corrected chi connectivity index (χ2v) is 5.17. The molecule has 0 aromatic carbocycles. The normalized spacial score (nSPS) is 16.6. The number of halogens is 1. The number of hydrogen-bond donors (Lipinski definition) is 0. The first-order valence-electron chi connectivity index (χ1n) is 6.53. The van der Waals surface area contributed by atoms with Gasteiger partial charge in [-0.2, -0.15) is 0 Å². The van der Waals surface area contributed by atoms with Gasteiger partial charge in [0.15, 0.2) is 0 Å². The maximum atomic E-state index is 11.1. The highest BCUT2D eigenvalue weighted by Gasteiger charge is 2.28. The molecule has 0 atom stereocenters. The molecule has 19 heavy (non-hydrogen) atoms. The lowest BCUT2D eigenvalue weighted by Crippen LogP contribution is -2.34. The van der Waals surface area contributed by atoms with Crippen molar-refractivity contribution in [2.75, 3.05) is 18.0 Å². The summed E-state index contributed by atoms with van der Waals surface area (Å²) in [6.45, 7) is 3.76. The predicted molar refractivity (Wildman–Crippen MR) is 73.5 cm³/mol. The fraction of sp³-hybridized carbons (Fsp3) is 0.667. The Bertz CT molecular complexity index is 461. The van der Waals surface area contributed by atoms with Crippen LogP contribution in [0.15, 0.2) is 6.33 Å². The van der Waals surface area contributed by atoms with Crippen LogP contribution in [0.5, 0.6) is 0 Å². The monoisotopic (exact) mass is 284 g/mol. The van der Waals surface area contributed by atoms with Crippen LogP contribution in [0.1, 0.15) is 32.6 Å². The molecule has 7 heteroatoms. The summed E-state index contributed by atoms with van der Waals surface area (Å²) in [4.78, 5) is 20.2. The van der Waals surface area contributed by atoms with Gasteiger partial charge in [-0.15, -0.1) is 0 Å². The Morgan fingerprint density at radius 1 is 1.47 bits per heavy atom. The molecule has 2 rings (SSSR count). The lowest BCUT2D eigenvalue weighted by Gasteiger charge is -2.32. The van der Waals surface area contributed by atoms with Gasteiger partial charge >= 0.3 is 5.69 Å². The molecule has 0 radical (unpaired) electrons. The van der Waals surface area contributed by atoms with Crippen LogP contribution >= 0.6 is 11.6 Å². The van der Waals surface area contributed by atoms with Crippen molar-refractivity contribution in [3.05, 3.63) is 21.6 Å².